The summed E-state index contributed by atoms with van der Waals surface area (Å²) in [7, 11) is 0. The van der Waals surface area contributed by atoms with E-state index in [2.05, 4.69) is 24.8 Å². The third kappa shape index (κ3) is 9.22. The summed E-state index contributed by atoms with van der Waals surface area (Å²) in [5.74, 6) is 5.18. The molecule has 0 radical (unpaired) electrons. The second-order valence-corrected chi connectivity index (χ2v) is 2.29. The van der Waals surface area contributed by atoms with Crippen molar-refractivity contribution in [2.75, 3.05) is 19.8 Å². The monoisotopic (exact) mass is 168 g/mol. The molecule has 0 aromatic rings. The van der Waals surface area contributed by atoms with Crippen molar-refractivity contribution in [1.82, 2.24) is 0 Å². The molecule has 0 atom stereocenters. The molecule has 1 N–H and O–H groups in total. The molecular weight excluding hydrogens is 152 g/mol. The van der Waals surface area contributed by atoms with Gasteiger partial charge in [-0.2, -0.15) is 0 Å². The first-order chi connectivity index (χ1) is 5.91. The maximum Gasteiger partial charge on any atom is 0.108 e. The molecule has 0 aliphatic carbocycles. The highest BCUT2D eigenvalue weighted by Gasteiger charge is 1.77. The summed E-state index contributed by atoms with van der Waals surface area (Å²) in [5.41, 5.74) is 0. The lowest BCUT2D eigenvalue weighted by Gasteiger charge is -1.91. The Morgan fingerprint density at radius 3 is 2.83 bits per heavy atom. The molecule has 0 rings (SSSR count). The Balaban J connectivity index is 3.10. The Morgan fingerprint density at radius 1 is 1.33 bits per heavy atom. The number of unbranched alkanes of at least 4 members (excludes halogenated alkanes) is 1. The summed E-state index contributed by atoms with van der Waals surface area (Å²) < 4.78 is 5.11. The van der Waals surface area contributed by atoms with E-state index < -0.39 is 0 Å². The Hall–Kier alpha value is -0.780. The third-order valence-electron chi connectivity index (χ3n) is 1.21. The van der Waals surface area contributed by atoms with Gasteiger partial charge in [0.05, 0.1) is 6.61 Å². The molecule has 0 saturated heterocycles. The van der Waals surface area contributed by atoms with E-state index in [1.165, 1.54) is 6.42 Å². The molecule has 0 unspecified atom stereocenters. The van der Waals surface area contributed by atoms with E-state index in [0.717, 1.165) is 6.42 Å². The predicted octanol–water partition coefficient (Wildman–Crippen LogP) is 1.35. The van der Waals surface area contributed by atoms with Crippen LogP contribution in [0.3, 0.4) is 0 Å². The zero-order valence-electron chi connectivity index (χ0n) is 7.55. The van der Waals surface area contributed by atoms with Gasteiger partial charge in [-0.1, -0.05) is 37.3 Å². The first-order valence-corrected chi connectivity index (χ1v) is 4.21. The minimum Gasteiger partial charge on any atom is -0.384 e. The summed E-state index contributed by atoms with van der Waals surface area (Å²) in [6.45, 7) is 3.06. The average Bonchev–Trinajstić information content (AvgIpc) is 2.10. The molecule has 2 nitrogen and oxygen atoms in total. The standard InChI is InChI=1S/C10H16O2/c1-2-3-4-6-9-12-10-7-5-8-11/h4,6,11H,2-3,8-10H2,1H3/b6-4-. The zero-order chi connectivity index (χ0) is 9.07. The van der Waals surface area contributed by atoms with Gasteiger partial charge in [0.1, 0.15) is 13.2 Å². The van der Waals surface area contributed by atoms with Gasteiger partial charge in [0, 0.05) is 0 Å². The van der Waals surface area contributed by atoms with Crippen LogP contribution in [0.5, 0.6) is 0 Å². The number of aliphatic hydroxyl groups excluding tert-OH is 1. The van der Waals surface area contributed by atoms with E-state index in [0.29, 0.717) is 13.2 Å². The molecule has 0 bridgehead atoms. The predicted molar refractivity (Wildman–Crippen MR) is 49.7 cm³/mol. The summed E-state index contributed by atoms with van der Waals surface area (Å²) in [6, 6.07) is 0. The van der Waals surface area contributed by atoms with E-state index in [4.69, 9.17) is 9.84 Å². The van der Waals surface area contributed by atoms with E-state index in [1.54, 1.807) is 0 Å². The molecule has 0 aliphatic heterocycles. The van der Waals surface area contributed by atoms with Gasteiger partial charge in [-0.15, -0.1) is 0 Å². The van der Waals surface area contributed by atoms with Crippen LogP contribution in [0.4, 0.5) is 0 Å². The minimum atomic E-state index is -0.0883. The fourth-order valence-corrected chi connectivity index (χ4v) is 0.637. The number of allylic oxidation sites excluding steroid dienone is 1. The van der Waals surface area contributed by atoms with Gasteiger partial charge in [-0.3, -0.25) is 0 Å². The molecule has 0 spiro atoms. The number of aliphatic hydroxyl groups is 1. The summed E-state index contributed by atoms with van der Waals surface area (Å²) >= 11 is 0. The maximum atomic E-state index is 8.30. The van der Waals surface area contributed by atoms with Crippen molar-refractivity contribution in [2.24, 2.45) is 0 Å². The zero-order valence-corrected chi connectivity index (χ0v) is 7.55. The fraction of sp³-hybridized carbons (Fsp3) is 0.600. The molecule has 2 heteroatoms. The van der Waals surface area contributed by atoms with Crippen molar-refractivity contribution in [2.45, 2.75) is 19.8 Å². The molecule has 68 valence electrons. The van der Waals surface area contributed by atoms with Crippen molar-refractivity contribution in [3.05, 3.63) is 12.2 Å². The van der Waals surface area contributed by atoms with Crippen LogP contribution < -0.4 is 0 Å². The molecule has 0 aromatic heterocycles. The van der Waals surface area contributed by atoms with Crippen LogP contribution in [0.1, 0.15) is 19.8 Å². The minimum absolute atomic E-state index is 0.0883. The van der Waals surface area contributed by atoms with E-state index in [1.807, 2.05) is 6.08 Å². The lowest BCUT2D eigenvalue weighted by molar-refractivity contribution is 0.199. The second kappa shape index (κ2) is 10.2. The molecular formula is C10H16O2. The van der Waals surface area contributed by atoms with E-state index in [9.17, 15) is 0 Å². The van der Waals surface area contributed by atoms with Gasteiger partial charge < -0.3 is 9.84 Å². The molecule has 0 aliphatic rings. The van der Waals surface area contributed by atoms with E-state index >= 15 is 0 Å². The SMILES string of the molecule is CCC/C=C\COCC#CCO. The smallest absolute Gasteiger partial charge is 0.108 e. The number of ether oxygens (including phenoxy) is 1. The van der Waals surface area contributed by atoms with Crippen LogP contribution in [0.15, 0.2) is 12.2 Å². The van der Waals surface area contributed by atoms with Crippen molar-refractivity contribution >= 4 is 0 Å². The fourth-order valence-electron chi connectivity index (χ4n) is 0.637. The van der Waals surface area contributed by atoms with Gasteiger partial charge in [0.2, 0.25) is 0 Å². The Labute approximate surface area is 74.2 Å². The number of hydrogen-bond acceptors (Lipinski definition) is 2. The number of rotatable bonds is 5. The normalized spacial score (nSPS) is 9.83. The summed E-state index contributed by atoms with van der Waals surface area (Å²) in [6.07, 6.45) is 6.36. The number of hydrogen-bond donors (Lipinski definition) is 1. The van der Waals surface area contributed by atoms with Gasteiger partial charge in [0.15, 0.2) is 0 Å². The molecule has 0 saturated carbocycles. The maximum absolute atomic E-state index is 8.30. The Morgan fingerprint density at radius 2 is 2.17 bits per heavy atom. The van der Waals surface area contributed by atoms with Gasteiger partial charge >= 0.3 is 0 Å². The highest BCUT2D eigenvalue weighted by Crippen LogP contribution is 1.87. The molecule has 0 amide bonds. The Kier molecular flexibility index (Phi) is 9.56. The quantitative estimate of drug-likeness (QED) is 0.381. The van der Waals surface area contributed by atoms with Gasteiger partial charge in [-0.05, 0) is 6.42 Å². The van der Waals surface area contributed by atoms with Crippen LogP contribution in [0.25, 0.3) is 0 Å². The van der Waals surface area contributed by atoms with Crippen LogP contribution >= 0.6 is 0 Å². The van der Waals surface area contributed by atoms with Crippen LogP contribution in [0.2, 0.25) is 0 Å². The summed E-state index contributed by atoms with van der Waals surface area (Å²) in [4.78, 5) is 0. The lowest BCUT2D eigenvalue weighted by atomic mass is 10.3. The van der Waals surface area contributed by atoms with Crippen LogP contribution in [0, 0.1) is 11.8 Å². The van der Waals surface area contributed by atoms with E-state index in [-0.39, 0.29) is 6.61 Å². The highest BCUT2D eigenvalue weighted by molar-refractivity contribution is 4.98. The third-order valence-corrected chi connectivity index (χ3v) is 1.21. The lowest BCUT2D eigenvalue weighted by Crippen LogP contribution is -1.91. The first-order valence-electron chi connectivity index (χ1n) is 4.21. The highest BCUT2D eigenvalue weighted by atomic mass is 16.5. The molecule has 0 heterocycles. The molecule has 12 heavy (non-hydrogen) atoms. The topological polar surface area (TPSA) is 29.5 Å². The Bertz CT molecular complexity index is 162. The van der Waals surface area contributed by atoms with Crippen molar-refractivity contribution in [3.8, 4) is 11.8 Å². The molecule has 0 fully saturated rings. The van der Waals surface area contributed by atoms with Gasteiger partial charge in [0.25, 0.3) is 0 Å². The first kappa shape index (κ1) is 11.2. The summed E-state index contributed by atoms with van der Waals surface area (Å²) in [5, 5.41) is 8.30. The van der Waals surface area contributed by atoms with Crippen molar-refractivity contribution in [3.63, 3.8) is 0 Å². The largest absolute Gasteiger partial charge is 0.384 e. The average molecular weight is 168 g/mol. The van der Waals surface area contributed by atoms with Crippen LogP contribution in [-0.2, 0) is 4.74 Å². The van der Waals surface area contributed by atoms with Gasteiger partial charge in [-0.25, -0.2) is 0 Å². The molecule has 0 aromatic carbocycles. The second-order valence-electron chi connectivity index (χ2n) is 2.29. The van der Waals surface area contributed by atoms with Crippen LogP contribution in [-0.4, -0.2) is 24.9 Å². The van der Waals surface area contributed by atoms with Crippen molar-refractivity contribution < 1.29 is 9.84 Å². The van der Waals surface area contributed by atoms with Crippen molar-refractivity contribution in [1.29, 1.82) is 0 Å².